The van der Waals surface area contributed by atoms with Crippen LogP contribution < -0.4 is 0 Å². The van der Waals surface area contributed by atoms with Crippen LogP contribution in [0.3, 0.4) is 0 Å². The molecule has 0 fully saturated rings. The maximum atomic E-state index is 6.01. The molecule has 0 saturated carbocycles. The normalized spacial score (nSPS) is 13.1. The Morgan fingerprint density at radius 1 is 0.625 bits per heavy atom. The van der Waals surface area contributed by atoms with E-state index >= 15 is 0 Å². The van der Waals surface area contributed by atoms with Crippen molar-refractivity contribution < 1.29 is 0 Å². The van der Waals surface area contributed by atoms with E-state index in [2.05, 4.69) is 0 Å². The van der Waals surface area contributed by atoms with Gasteiger partial charge in [0.2, 0.25) is 6.69 Å². The number of hydrogen-bond donors (Lipinski definition) is 0. The van der Waals surface area contributed by atoms with Crippen LogP contribution in [0.1, 0.15) is 38.5 Å². The standard InChI is InChI=1S/C9H19Cl5Si2/c1-15(10,11)8-6-4-2-3-5-7-9-16(12,13)14/h2-9H2,1H3. The van der Waals surface area contributed by atoms with Gasteiger partial charge in [0.15, 0.2) is 0 Å². The molecule has 0 amide bonds. The highest BCUT2D eigenvalue weighted by Gasteiger charge is 2.23. The molecule has 0 rings (SSSR count). The van der Waals surface area contributed by atoms with Crippen molar-refractivity contribution in [3.05, 3.63) is 0 Å². The number of halogens is 5. The summed E-state index contributed by atoms with van der Waals surface area (Å²) in [5, 5.41) is 0. The number of unbranched alkanes of at least 4 members (excludes halogenated alkanes) is 5. The lowest BCUT2D eigenvalue weighted by Gasteiger charge is -2.09. The van der Waals surface area contributed by atoms with Crippen LogP contribution in [0.4, 0.5) is 0 Å². The average molecular weight is 361 g/mol. The third kappa shape index (κ3) is 15.9. The Bertz CT molecular complexity index is 156. The van der Waals surface area contributed by atoms with Crippen molar-refractivity contribution in [3.63, 3.8) is 0 Å². The van der Waals surface area contributed by atoms with Crippen molar-refractivity contribution in [3.8, 4) is 0 Å². The second kappa shape index (κ2) is 8.89. The summed E-state index contributed by atoms with van der Waals surface area (Å²) in [6.45, 7) is 0.114. The Morgan fingerprint density at radius 2 is 1.00 bits per heavy atom. The lowest BCUT2D eigenvalue weighted by Crippen LogP contribution is -2.11. The highest BCUT2D eigenvalue weighted by atomic mass is 35.8. The largest absolute Gasteiger partial charge is 0.341 e. The van der Waals surface area contributed by atoms with Crippen molar-refractivity contribution in [2.45, 2.75) is 57.2 Å². The van der Waals surface area contributed by atoms with Gasteiger partial charge in [-0.25, -0.2) is 0 Å². The molecule has 0 aromatic heterocycles. The van der Waals surface area contributed by atoms with Crippen LogP contribution in [-0.2, 0) is 0 Å². The zero-order valence-electron chi connectivity index (χ0n) is 9.55. The van der Waals surface area contributed by atoms with E-state index in [1.165, 1.54) is 19.3 Å². The lowest BCUT2D eigenvalue weighted by molar-refractivity contribution is 0.623. The Hall–Kier alpha value is 1.88. The van der Waals surface area contributed by atoms with Gasteiger partial charge in [-0.2, -0.15) is 0 Å². The summed E-state index contributed by atoms with van der Waals surface area (Å²) in [6, 6.07) is -0.589. The molecule has 0 aliphatic heterocycles. The lowest BCUT2D eigenvalue weighted by atomic mass is 10.1. The van der Waals surface area contributed by atoms with E-state index < -0.39 is 12.7 Å². The zero-order chi connectivity index (χ0) is 12.7. The third-order valence-electron chi connectivity index (χ3n) is 2.33. The fourth-order valence-electron chi connectivity index (χ4n) is 1.47. The van der Waals surface area contributed by atoms with Crippen molar-refractivity contribution in [1.82, 2.24) is 0 Å². The highest BCUT2D eigenvalue weighted by Crippen LogP contribution is 2.28. The van der Waals surface area contributed by atoms with Gasteiger partial charge in [-0.15, -0.1) is 55.4 Å². The predicted octanol–water partition coefficient (Wildman–Crippen LogP) is 6.53. The van der Waals surface area contributed by atoms with Crippen LogP contribution in [0.15, 0.2) is 0 Å². The van der Waals surface area contributed by atoms with Gasteiger partial charge in [-0.1, -0.05) is 38.5 Å². The maximum absolute atomic E-state index is 6.01. The Balaban J connectivity index is 3.17. The molecule has 0 N–H and O–H groups in total. The molecule has 0 radical (unpaired) electrons. The summed E-state index contributed by atoms with van der Waals surface area (Å²) >= 11 is 29.4. The molecule has 7 heteroatoms. The Labute approximate surface area is 124 Å². The van der Waals surface area contributed by atoms with Crippen LogP contribution in [-0.4, -0.2) is 12.7 Å². The van der Waals surface area contributed by atoms with Gasteiger partial charge in [0.05, 0.1) is 0 Å². The topological polar surface area (TPSA) is 0 Å². The fourth-order valence-corrected chi connectivity index (χ4v) is 4.99. The van der Waals surface area contributed by atoms with Gasteiger partial charge >= 0.3 is 6.00 Å². The van der Waals surface area contributed by atoms with Gasteiger partial charge < -0.3 is 0 Å². The van der Waals surface area contributed by atoms with E-state index in [1.54, 1.807) is 0 Å². The molecule has 0 spiro atoms. The van der Waals surface area contributed by atoms with Gasteiger partial charge in [-0.3, -0.25) is 0 Å². The SMILES string of the molecule is C[Si](Cl)(Cl)CCCCCCCC[Si](Cl)(Cl)Cl. The molecule has 0 unspecified atom stereocenters. The van der Waals surface area contributed by atoms with Crippen molar-refractivity contribution in [2.75, 3.05) is 0 Å². The van der Waals surface area contributed by atoms with Crippen LogP contribution in [0.25, 0.3) is 0 Å². The first-order valence-electron chi connectivity index (χ1n) is 5.65. The predicted molar refractivity (Wildman–Crippen MR) is 84.0 cm³/mol. The molecule has 98 valence electrons. The summed E-state index contributed by atoms with van der Waals surface area (Å²) in [4.78, 5) is 0. The Morgan fingerprint density at radius 3 is 1.38 bits per heavy atom. The first-order chi connectivity index (χ1) is 7.21. The monoisotopic (exact) mass is 358 g/mol. The summed E-state index contributed by atoms with van der Waals surface area (Å²) in [5.41, 5.74) is 0. The molecular weight excluding hydrogens is 342 g/mol. The van der Waals surface area contributed by atoms with Gasteiger partial charge in [0.25, 0.3) is 0 Å². The molecule has 0 aromatic carbocycles. The fraction of sp³-hybridized carbons (Fsp3) is 1.00. The van der Waals surface area contributed by atoms with E-state index in [9.17, 15) is 0 Å². The average Bonchev–Trinajstić information content (AvgIpc) is 2.06. The van der Waals surface area contributed by atoms with Crippen molar-refractivity contribution in [1.29, 1.82) is 0 Å². The highest BCUT2D eigenvalue weighted by molar-refractivity contribution is 7.64. The van der Waals surface area contributed by atoms with Crippen LogP contribution in [0, 0.1) is 0 Å². The minimum Gasteiger partial charge on any atom is -0.146 e. The summed E-state index contributed by atoms with van der Waals surface area (Å²) in [5.74, 6) is 0. The smallest absolute Gasteiger partial charge is 0.146 e. The summed E-state index contributed by atoms with van der Waals surface area (Å²) < 4.78 is 0. The van der Waals surface area contributed by atoms with Gasteiger partial charge in [0, 0.05) is 0 Å². The van der Waals surface area contributed by atoms with Crippen LogP contribution in [0.2, 0.25) is 18.6 Å². The van der Waals surface area contributed by atoms with E-state index in [1.807, 2.05) is 6.55 Å². The molecule has 0 atom stereocenters. The number of hydrogen-bond acceptors (Lipinski definition) is 0. The van der Waals surface area contributed by atoms with Crippen molar-refractivity contribution >= 4 is 68.1 Å². The van der Waals surface area contributed by atoms with E-state index in [0.717, 1.165) is 31.4 Å². The summed E-state index contributed by atoms with van der Waals surface area (Å²) in [6.07, 6.45) is 7.03. The first kappa shape index (κ1) is 17.9. The van der Waals surface area contributed by atoms with Crippen molar-refractivity contribution in [2.24, 2.45) is 0 Å². The molecule has 0 aromatic rings. The van der Waals surface area contributed by atoms with E-state index in [0.29, 0.717) is 0 Å². The second-order valence-electron chi connectivity index (χ2n) is 4.31. The molecule has 0 bridgehead atoms. The molecule has 0 nitrogen and oxygen atoms in total. The second-order valence-corrected chi connectivity index (χ2v) is 21.8. The molecular formula is C9H19Cl5Si2. The first-order valence-corrected chi connectivity index (χ1v) is 15.6. The van der Waals surface area contributed by atoms with Crippen LogP contribution in [0.5, 0.6) is 0 Å². The van der Waals surface area contributed by atoms with Crippen LogP contribution >= 0.6 is 55.4 Å². The molecule has 0 saturated heterocycles. The minimum atomic E-state index is -2.37. The third-order valence-corrected chi connectivity index (χ3v) is 7.31. The van der Waals surface area contributed by atoms with E-state index in [4.69, 9.17) is 55.4 Å². The maximum Gasteiger partial charge on any atom is 0.341 e. The van der Waals surface area contributed by atoms with Gasteiger partial charge in [-0.05, 0) is 18.6 Å². The summed E-state index contributed by atoms with van der Waals surface area (Å²) in [7, 11) is 0. The Kier molecular flexibility index (Phi) is 9.94. The molecule has 16 heavy (non-hydrogen) atoms. The molecule has 0 heterocycles. The van der Waals surface area contributed by atoms with E-state index in [-0.39, 0.29) is 0 Å². The zero-order valence-corrected chi connectivity index (χ0v) is 15.3. The molecule has 0 aliphatic rings. The minimum absolute atomic E-state index is 0.784. The molecule has 0 aliphatic carbocycles. The number of rotatable bonds is 9. The van der Waals surface area contributed by atoms with Gasteiger partial charge in [0.1, 0.15) is 0 Å². The quantitative estimate of drug-likeness (QED) is 0.249.